The number of rotatable bonds is 9. The number of thiol groups is 1. The van der Waals surface area contributed by atoms with E-state index < -0.39 is 35.6 Å². The van der Waals surface area contributed by atoms with E-state index in [-0.39, 0.29) is 11.8 Å². The molecule has 0 spiro atoms. The third kappa shape index (κ3) is 8.54. The third-order valence-corrected chi connectivity index (χ3v) is 4.65. The van der Waals surface area contributed by atoms with Crippen molar-refractivity contribution in [2.45, 2.75) is 71.2 Å². The molecule has 0 fully saturated rings. The number of nitrogens with one attached hydrogen (secondary N) is 2. The molecular formula is C23H33N3O4S. The zero-order chi connectivity index (χ0) is 23.6. The summed E-state index contributed by atoms with van der Waals surface area (Å²) in [7, 11) is 0. The number of ether oxygens (including phenoxy) is 1. The van der Waals surface area contributed by atoms with Gasteiger partial charge in [0.05, 0.1) is 0 Å². The zero-order valence-corrected chi connectivity index (χ0v) is 19.7. The predicted molar refractivity (Wildman–Crippen MR) is 124 cm³/mol. The second-order valence-corrected chi connectivity index (χ2v) is 8.60. The van der Waals surface area contributed by atoms with Crippen LogP contribution in [0.3, 0.4) is 0 Å². The molecule has 0 radical (unpaired) electrons. The van der Waals surface area contributed by atoms with Gasteiger partial charge in [-0.05, 0) is 39.7 Å². The highest BCUT2D eigenvalue weighted by Gasteiger charge is 2.35. The van der Waals surface area contributed by atoms with E-state index in [0.29, 0.717) is 5.56 Å². The van der Waals surface area contributed by atoms with Crippen LogP contribution in [0.15, 0.2) is 30.3 Å². The van der Waals surface area contributed by atoms with E-state index in [2.05, 4.69) is 29.3 Å². The minimum absolute atomic E-state index is 0.0222. The Labute approximate surface area is 190 Å². The van der Waals surface area contributed by atoms with Crippen LogP contribution in [0.5, 0.6) is 0 Å². The van der Waals surface area contributed by atoms with Crippen molar-refractivity contribution in [2.75, 3.05) is 5.75 Å². The van der Waals surface area contributed by atoms with Crippen LogP contribution in [0.1, 0.15) is 59.1 Å². The quantitative estimate of drug-likeness (QED) is 0.308. The van der Waals surface area contributed by atoms with E-state index in [4.69, 9.17) is 11.2 Å². The molecule has 0 aliphatic rings. The molecule has 0 aliphatic carbocycles. The number of amides is 3. The van der Waals surface area contributed by atoms with Gasteiger partial charge in [-0.3, -0.25) is 14.5 Å². The van der Waals surface area contributed by atoms with Crippen LogP contribution in [0.4, 0.5) is 4.79 Å². The first-order valence-corrected chi connectivity index (χ1v) is 10.9. The van der Waals surface area contributed by atoms with Crippen molar-refractivity contribution in [2.24, 2.45) is 0 Å². The number of alkyl carbamates (subject to hydrolysis) is 1. The third-order valence-electron chi connectivity index (χ3n) is 4.28. The molecule has 0 bridgehead atoms. The fourth-order valence-corrected chi connectivity index (χ4v) is 3.20. The molecule has 3 unspecified atom stereocenters. The maximum atomic E-state index is 13.2. The fourth-order valence-electron chi connectivity index (χ4n) is 2.95. The molecule has 1 aromatic rings. The predicted octanol–water partition coefficient (Wildman–Crippen LogP) is 3.27. The number of carbonyl (C=O) groups excluding carboxylic acids is 3. The summed E-state index contributed by atoms with van der Waals surface area (Å²) in [5.41, 5.74) is -0.174. The second-order valence-electron chi connectivity index (χ2n) is 8.23. The minimum atomic E-state index is -1.07. The van der Waals surface area contributed by atoms with Crippen molar-refractivity contribution >= 4 is 30.5 Å². The Bertz CT molecular complexity index is 786. The van der Waals surface area contributed by atoms with Gasteiger partial charge in [-0.1, -0.05) is 50.1 Å². The second kappa shape index (κ2) is 12.3. The van der Waals surface area contributed by atoms with Crippen molar-refractivity contribution < 1.29 is 19.1 Å². The Balaban J connectivity index is 3.18. The van der Waals surface area contributed by atoms with Crippen LogP contribution in [0.2, 0.25) is 0 Å². The molecule has 3 amide bonds. The Morgan fingerprint density at radius 2 is 1.81 bits per heavy atom. The van der Waals surface area contributed by atoms with Crippen LogP contribution in [-0.2, 0) is 14.3 Å². The summed E-state index contributed by atoms with van der Waals surface area (Å²) < 4.78 is 5.22. The molecule has 0 aromatic heterocycles. The number of hydrogen-bond donors (Lipinski definition) is 3. The van der Waals surface area contributed by atoms with E-state index >= 15 is 0 Å². The summed E-state index contributed by atoms with van der Waals surface area (Å²) in [6.45, 7) is 9.06. The van der Waals surface area contributed by atoms with E-state index in [0.717, 1.165) is 17.7 Å². The lowest BCUT2D eigenvalue weighted by Gasteiger charge is -2.30. The standard InChI is InChI=1S/C23H33N3O4S/c1-7-12-16(3)24-20(27)19(17-13-10-9-11-14-17)26(8-2)21(28)18(15-31)25-22(29)30-23(4,5)6/h2,9-11,13-14,16,18-19,31H,7,12,15H2,1,3-6H3,(H,24,27)(H,25,29). The van der Waals surface area contributed by atoms with Gasteiger partial charge >= 0.3 is 6.09 Å². The molecule has 170 valence electrons. The lowest BCUT2D eigenvalue weighted by atomic mass is 10.0. The number of carbonyl (C=O) groups is 3. The molecule has 2 N–H and O–H groups in total. The summed E-state index contributed by atoms with van der Waals surface area (Å²) in [4.78, 5) is 39.5. The number of benzene rings is 1. The van der Waals surface area contributed by atoms with Crippen molar-refractivity contribution in [3.63, 3.8) is 0 Å². The van der Waals surface area contributed by atoms with Crippen molar-refractivity contribution in [1.29, 1.82) is 0 Å². The zero-order valence-electron chi connectivity index (χ0n) is 18.8. The van der Waals surface area contributed by atoms with Gasteiger partial charge in [0.25, 0.3) is 5.91 Å². The van der Waals surface area contributed by atoms with E-state index in [9.17, 15) is 14.4 Å². The molecule has 0 aliphatic heterocycles. The summed E-state index contributed by atoms with van der Waals surface area (Å²) in [5, 5.41) is 5.41. The van der Waals surface area contributed by atoms with Gasteiger partial charge in [0, 0.05) is 17.8 Å². The molecule has 0 saturated carbocycles. The summed E-state index contributed by atoms with van der Waals surface area (Å²) in [5.74, 6) is -1.05. The molecule has 7 nitrogen and oxygen atoms in total. The Morgan fingerprint density at radius 1 is 1.19 bits per heavy atom. The average Bonchev–Trinajstić information content (AvgIpc) is 2.68. The van der Waals surface area contributed by atoms with E-state index in [1.807, 2.05) is 13.8 Å². The smallest absolute Gasteiger partial charge is 0.408 e. The Kier molecular flexibility index (Phi) is 10.4. The number of nitrogens with zero attached hydrogens (tertiary/aromatic N) is 1. The van der Waals surface area contributed by atoms with Crippen molar-refractivity contribution in [3.8, 4) is 12.5 Å². The van der Waals surface area contributed by atoms with Crippen LogP contribution < -0.4 is 10.6 Å². The molecule has 0 heterocycles. The highest BCUT2D eigenvalue weighted by Crippen LogP contribution is 2.22. The Hall–Kier alpha value is -2.66. The lowest BCUT2D eigenvalue weighted by molar-refractivity contribution is -0.138. The van der Waals surface area contributed by atoms with Gasteiger partial charge < -0.3 is 15.4 Å². The fraction of sp³-hybridized carbons (Fsp3) is 0.522. The van der Waals surface area contributed by atoms with E-state index in [1.165, 1.54) is 0 Å². The molecule has 1 aromatic carbocycles. The maximum Gasteiger partial charge on any atom is 0.408 e. The van der Waals surface area contributed by atoms with Gasteiger partial charge in [-0.25, -0.2) is 4.79 Å². The first kappa shape index (κ1) is 26.4. The van der Waals surface area contributed by atoms with Gasteiger partial charge in [-0.15, -0.1) is 0 Å². The highest BCUT2D eigenvalue weighted by molar-refractivity contribution is 7.80. The topological polar surface area (TPSA) is 87.7 Å². The van der Waals surface area contributed by atoms with E-state index in [1.54, 1.807) is 51.1 Å². The number of hydrogen-bond acceptors (Lipinski definition) is 5. The molecule has 1 rings (SSSR count). The van der Waals surface area contributed by atoms with Crippen LogP contribution >= 0.6 is 12.6 Å². The molecule has 31 heavy (non-hydrogen) atoms. The van der Waals surface area contributed by atoms with Gasteiger partial charge in [0.15, 0.2) is 0 Å². The summed E-state index contributed by atoms with van der Waals surface area (Å²) >= 11 is 4.18. The van der Waals surface area contributed by atoms with Gasteiger partial charge in [0.2, 0.25) is 5.91 Å². The summed E-state index contributed by atoms with van der Waals surface area (Å²) in [6.07, 6.45) is 6.59. The SMILES string of the molecule is C#CN(C(=O)C(CS)NC(=O)OC(C)(C)C)C(C(=O)NC(C)CCC)c1ccccc1. The van der Waals surface area contributed by atoms with Gasteiger partial charge in [0.1, 0.15) is 17.7 Å². The van der Waals surface area contributed by atoms with Crippen LogP contribution in [-0.4, -0.2) is 46.2 Å². The monoisotopic (exact) mass is 447 g/mol. The molecule has 3 atom stereocenters. The highest BCUT2D eigenvalue weighted by atomic mass is 32.1. The van der Waals surface area contributed by atoms with Crippen LogP contribution in [0, 0.1) is 12.5 Å². The van der Waals surface area contributed by atoms with Crippen molar-refractivity contribution in [1.82, 2.24) is 15.5 Å². The number of terminal acetylenes is 1. The van der Waals surface area contributed by atoms with Crippen molar-refractivity contribution in [3.05, 3.63) is 35.9 Å². The Morgan fingerprint density at radius 3 is 2.29 bits per heavy atom. The summed E-state index contributed by atoms with van der Waals surface area (Å²) in [6, 6.07) is 8.90. The lowest BCUT2D eigenvalue weighted by Crippen LogP contribution is -2.52. The molecule has 0 saturated heterocycles. The largest absolute Gasteiger partial charge is 0.444 e. The van der Waals surface area contributed by atoms with Gasteiger partial charge in [-0.2, -0.15) is 12.6 Å². The van der Waals surface area contributed by atoms with Crippen LogP contribution in [0.25, 0.3) is 0 Å². The normalized spacial score (nSPS) is 13.8. The minimum Gasteiger partial charge on any atom is -0.444 e. The maximum absolute atomic E-state index is 13.2. The molecular weight excluding hydrogens is 414 g/mol. The first-order valence-electron chi connectivity index (χ1n) is 10.3. The molecule has 8 heteroatoms. The first-order chi connectivity index (χ1) is 14.5. The average molecular weight is 448 g/mol.